The van der Waals surface area contributed by atoms with Crippen LogP contribution >= 0.6 is 0 Å². The number of nitrogens with one attached hydrogen (secondary N) is 3. The first-order chi connectivity index (χ1) is 6.84. The number of carbonyl (C=O) groups excluding carboxylic acids is 2. The summed E-state index contributed by atoms with van der Waals surface area (Å²) in [7, 11) is 3.14. The van der Waals surface area contributed by atoms with E-state index in [1.807, 2.05) is 0 Å². The van der Waals surface area contributed by atoms with Crippen molar-refractivity contribution < 1.29 is 19.5 Å². The molecule has 0 rings (SSSR count). The van der Waals surface area contributed by atoms with Gasteiger partial charge in [-0.15, -0.1) is 0 Å². The predicted octanol–water partition coefficient (Wildman–Crippen LogP) is -0.859. The summed E-state index contributed by atoms with van der Waals surface area (Å²) in [6.45, 7) is 2.68. The van der Waals surface area contributed by atoms with Crippen molar-refractivity contribution in [3.05, 3.63) is 0 Å². The van der Waals surface area contributed by atoms with Crippen LogP contribution in [0.2, 0.25) is 0 Å². The van der Waals surface area contributed by atoms with Gasteiger partial charge >= 0.3 is 12.0 Å². The van der Waals surface area contributed by atoms with Gasteiger partial charge in [0.1, 0.15) is 6.04 Å². The summed E-state index contributed by atoms with van der Waals surface area (Å²) >= 11 is 0. The van der Waals surface area contributed by atoms with E-state index in [9.17, 15) is 14.4 Å². The fraction of sp³-hybridized carbons (Fsp3) is 0.625. The number of carboxylic acid groups (broad SMARTS) is 1. The molecule has 7 nitrogen and oxygen atoms in total. The van der Waals surface area contributed by atoms with Crippen molar-refractivity contribution in [3.63, 3.8) is 0 Å². The first-order valence-corrected chi connectivity index (χ1v) is 4.24. The monoisotopic (exact) mass is 219 g/mol. The number of carbonyl (C=O) groups is 3. The molecule has 0 saturated heterocycles. The van der Waals surface area contributed by atoms with Crippen LogP contribution in [0.25, 0.3) is 0 Å². The van der Waals surface area contributed by atoms with Gasteiger partial charge in [-0.1, -0.05) is 0 Å². The van der Waals surface area contributed by atoms with Crippen molar-refractivity contribution in [2.24, 2.45) is 0 Å². The highest BCUT2D eigenvalue weighted by molar-refractivity contribution is 5.81. The Morgan fingerprint density at radius 3 is 1.60 bits per heavy atom. The fourth-order valence-electron chi connectivity index (χ4n) is 0.492. The van der Waals surface area contributed by atoms with Crippen molar-refractivity contribution in [2.45, 2.75) is 19.9 Å². The Balaban J connectivity index is 0. The van der Waals surface area contributed by atoms with Gasteiger partial charge in [0.2, 0.25) is 5.91 Å². The van der Waals surface area contributed by atoms with Crippen LogP contribution in [-0.4, -0.2) is 43.2 Å². The zero-order valence-electron chi connectivity index (χ0n) is 9.25. The zero-order chi connectivity index (χ0) is 12.4. The highest BCUT2D eigenvalue weighted by atomic mass is 16.4. The van der Waals surface area contributed by atoms with Gasteiger partial charge in [0, 0.05) is 21.0 Å². The largest absolute Gasteiger partial charge is 0.480 e. The van der Waals surface area contributed by atoms with E-state index < -0.39 is 12.0 Å². The lowest BCUT2D eigenvalue weighted by Gasteiger charge is -2.04. The maximum atomic E-state index is 10.2. The van der Waals surface area contributed by atoms with Crippen LogP contribution in [0.15, 0.2) is 0 Å². The third-order valence-electron chi connectivity index (χ3n) is 1.24. The van der Waals surface area contributed by atoms with Crippen molar-refractivity contribution in [1.29, 1.82) is 0 Å². The minimum atomic E-state index is -1.02. The van der Waals surface area contributed by atoms with Crippen molar-refractivity contribution in [3.8, 4) is 0 Å². The molecular formula is C8H17N3O4. The van der Waals surface area contributed by atoms with Gasteiger partial charge in [-0.25, -0.2) is 4.79 Å². The SMILES string of the molecule is CC(=O)NC(C)C(=O)O.CNC(=O)NC. The lowest BCUT2D eigenvalue weighted by Crippen LogP contribution is -2.36. The topological polar surface area (TPSA) is 108 Å². The number of rotatable bonds is 2. The van der Waals surface area contributed by atoms with Crippen LogP contribution in [0.5, 0.6) is 0 Å². The van der Waals surface area contributed by atoms with E-state index in [-0.39, 0.29) is 11.9 Å². The number of aliphatic carboxylic acids is 1. The van der Waals surface area contributed by atoms with E-state index in [1.54, 1.807) is 14.1 Å². The standard InChI is InChI=1S/C5H9NO3.C3H8N2O/c1-3(5(8)9)6-4(2)7;1-4-3(6)5-2/h3H,1-2H3,(H,6,7)(H,8,9);1-2H3,(H2,4,5,6). The predicted molar refractivity (Wildman–Crippen MR) is 54.4 cm³/mol. The number of urea groups is 1. The Hall–Kier alpha value is -1.79. The van der Waals surface area contributed by atoms with Crippen LogP contribution < -0.4 is 16.0 Å². The molecule has 0 aliphatic rings. The van der Waals surface area contributed by atoms with Gasteiger partial charge in [0.05, 0.1) is 0 Å². The van der Waals surface area contributed by atoms with Gasteiger partial charge in [-0.2, -0.15) is 0 Å². The van der Waals surface area contributed by atoms with Crippen LogP contribution in [0.1, 0.15) is 13.8 Å². The molecular weight excluding hydrogens is 202 g/mol. The highest BCUT2D eigenvalue weighted by Gasteiger charge is 2.09. The summed E-state index contributed by atoms with van der Waals surface area (Å²) in [6, 6.07) is -0.947. The first-order valence-electron chi connectivity index (χ1n) is 4.24. The molecule has 3 amide bonds. The summed E-state index contributed by atoms with van der Waals surface area (Å²) in [5, 5.41) is 15.1. The summed E-state index contributed by atoms with van der Waals surface area (Å²) in [4.78, 5) is 30.2. The molecule has 0 heterocycles. The molecule has 4 N–H and O–H groups in total. The van der Waals surface area contributed by atoms with E-state index in [4.69, 9.17) is 5.11 Å². The van der Waals surface area contributed by atoms with Gasteiger partial charge < -0.3 is 21.1 Å². The second kappa shape index (κ2) is 8.79. The summed E-state index contributed by atoms with van der Waals surface area (Å²) in [6.07, 6.45) is 0. The Bertz CT molecular complexity index is 224. The molecule has 1 unspecified atom stereocenters. The zero-order valence-corrected chi connectivity index (χ0v) is 9.25. The Kier molecular flexibility index (Phi) is 9.19. The molecule has 0 bridgehead atoms. The smallest absolute Gasteiger partial charge is 0.325 e. The molecule has 0 aromatic heterocycles. The van der Waals surface area contributed by atoms with Gasteiger partial charge in [-0.05, 0) is 6.92 Å². The molecule has 88 valence electrons. The molecule has 0 fully saturated rings. The molecule has 0 spiro atoms. The molecule has 7 heteroatoms. The van der Waals surface area contributed by atoms with E-state index >= 15 is 0 Å². The molecule has 1 atom stereocenters. The lowest BCUT2D eigenvalue weighted by molar-refractivity contribution is -0.140. The number of hydrogen-bond donors (Lipinski definition) is 4. The van der Waals surface area contributed by atoms with E-state index in [1.165, 1.54) is 13.8 Å². The quantitative estimate of drug-likeness (QED) is 0.484. The van der Waals surface area contributed by atoms with E-state index in [0.29, 0.717) is 0 Å². The molecule has 0 aromatic carbocycles. The number of amides is 3. The first kappa shape index (κ1) is 15.7. The summed E-state index contributed by atoms with van der Waals surface area (Å²) in [5.41, 5.74) is 0. The van der Waals surface area contributed by atoms with Crippen LogP contribution in [0.3, 0.4) is 0 Å². The van der Waals surface area contributed by atoms with Crippen LogP contribution in [-0.2, 0) is 9.59 Å². The van der Waals surface area contributed by atoms with Gasteiger partial charge in [-0.3, -0.25) is 9.59 Å². The second-order valence-corrected chi connectivity index (χ2v) is 2.59. The van der Waals surface area contributed by atoms with Gasteiger partial charge in [0.25, 0.3) is 0 Å². The summed E-state index contributed by atoms with van der Waals surface area (Å²) in [5.74, 6) is -1.35. The minimum Gasteiger partial charge on any atom is -0.480 e. The Morgan fingerprint density at radius 2 is 1.53 bits per heavy atom. The maximum Gasteiger partial charge on any atom is 0.325 e. The van der Waals surface area contributed by atoms with Crippen molar-refractivity contribution >= 4 is 17.9 Å². The normalized spacial score (nSPS) is 10.1. The third-order valence-corrected chi connectivity index (χ3v) is 1.24. The average Bonchev–Trinajstić information content (AvgIpc) is 2.16. The lowest BCUT2D eigenvalue weighted by atomic mass is 10.3. The maximum absolute atomic E-state index is 10.2. The molecule has 0 aliphatic heterocycles. The van der Waals surface area contributed by atoms with E-state index in [2.05, 4.69) is 16.0 Å². The molecule has 0 radical (unpaired) electrons. The number of hydrogen-bond acceptors (Lipinski definition) is 3. The third kappa shape index (κ3) is 12.2. The highest BCUT2D eigenvalue weighted by Crippen LogP contribution is 1.78. The van der Waals surface area contributed by atoms with Crippen LogP contribution in [0, 0.1) is 0 Å². The van der Waals surface area contributed by atoms with E-state index in [0.717, 1.165) is 0 Å². The average molecular weight is 219 g/mol. The molecule has 0 aromatic rings. The summed E-state index contributed by atoms with van der Waals surface area (Å²) < 4.78 is 0. The molecule has 0 aliphatic carbocycles. The Labute approximate surface area is 88.2 Å². The fourth-order valence-corrected chi connectivity index (χ4v) is 0.492. The molecule has 0 saturated carbocycles. The van der Waals surface area contributed by atoms with Crippen LogP contribution in [0.4, 0.5) is 4.79 Å². The van der Waals surface area contributed by atoms with Crippen molar-refractivity contribution in [1.82, 2.24) is 16.0 Å². The van der Waals surface area contributed by atoms with Crippen molar-refractivity contribution in [2.75, 3.05) is 14.1 Å². The number of carboxylic acids is 1. The minimum absolute atomic E-state index is 0.157. The second-order valence-electron chi connectivity index (χ2n) is 2.59. The Morgan fingerprint density at radius 1 is 1.13 bits per heavy atom. The van der Waals surface area contributed by atoms with Gasteiger partial charge in [0.15, 0.2) is 0 Å². The molecule has 15 heavy (non-hydrogen) atoms.